The van der Waals surface area contributed by atoms with E-state index in [4.69, 9.17) is 4.74 Å². The van der Waals surface area contributed by atoms with Crippen LogP contribution in [0.1, 0.15) is 12.0 Å². The molecular weight excluding hydrogens is 450 g/mol. The van der Waals surface area contributed by atoms with Gasteiger partial charge in [0.2, 0.25) is 0 Å². The summed E-state index contributed by atoms with van der Waals surface area (Å²) in [7, 11) is 3.33. The number of alkyl halides is 3. The number of ether oxygens (including phenoxy) is 2. The molecule has 0 saturated carbocycles. The van der Waals surface area contributed by atoms with E-state index < -0.39 is 6.36 Å². The predicted molar refractivity (Wildman–Crippen MR) is 100 cm³/mol. The number of para-hydroxylation sites is 1. The molecule has 2 rings (SSSR count). The molecule has 1 N–H and O–H groups in total. The number of methoxy groups -OCH3 is 1. The Labute approximate surface area is 162 Å². The summed E-state index contributed by atoms with van der Waals surface area (Å²) in [6.45, 7) is 2.54. The van der Waals surface area contributed by atoms with Gasteiger partial charge >= 0.3 is 6.36 Å². The smallest absolute Gasteiger partial charge is 0.405 e. The number of halogens is 4. The van der Waals surface area contributed by atoms with Crippen molar-refractivity contribution in [3.05, 3.63) is 29.8 Å². The molecule has 1 aliphatic rings. The van der Waals surface area contributed by atoms with E-state index in [9.17, 15) is 13.2 Å². The molecule has 1 aromatic carbocycles. The Morgan fingerprint density at radius 1 is 1.36 bits per heavy atom. The number of hydrogen-bond acceptors (Lipinski definition) is 3. The molecular formula is C16H23F3IN3O2. The Morgan fingerprint density at radius 2 is 2.08 bits per heavy atom. The van der Waals surface area contributed by atoms with E-state index in [-0.39, 0.29) is 36.3 Å². The fourth-order valence-corrected chi connectivity index (χ4v) is 2.78. The predicted octanol–water partition coefficient (Wildman–Crippen LogP) is 3.25. The number of likely N-dealkylation sites (tertiary alicyclic amines) is 1. The molecule has 0 aliphatic carbocycles. The van der Waals surface area contributed by atoms with Gasteiger partial charge in [0.15, 0.2) is 5.96 Å². The second-order valence-corrected chi connectivity index (χ2v) is 5.61. The molecule has 0 spiro atoms. The van der Waals surface area contributed by atoms with Crippen LogP contribution in [0.2, 0.25) is 0 Å². The van der Waals surface area contributed by atoms with Crippen LogP contribution in [0.4, 0.5) is 13.2 Å². The summed E-state index contributed by atoms with van der Waals surface area (Å²) in [5, 5.41) is 3.10. The van der Waals surface area contributed by atoms with Crippen LogP contribution in [0.25, 0.3) is 0 Å². The fraction of sp³-hybridized carbons (Fsp3) is 0.562. The standard InChI is InChI=1S/C16H22F3N3O2.HI/c1-20-15(22-8-7-12(10-22)11-23-2)21-9-13-5-3-4-6-14(13)24-16(17,18)19;/h3-6,12H,7-11H2,1-2H3,(H,20,21);1H. The number of nitrogens with one attached hydrogen (secondary N) is 1. The third-order valence-electron chi connectivity index (χ3n) is 3.83. The summed E-state index contributed by atoms with van der Waals surface area (Å²) in [4.78, 5) is 6.29. The second-order valence-electron chi connectivity index (χ2n) is 5.61. The molecule has 1 unspecified atom stereocenters. The summed E-state index contributed by atoms with van der Waals surface area (Å²) in [5.41, 5.74) is 0.420. The SMILES string of the molecule is CN=C(NCc1ccccc1OC(F)(F)F)N1CCC(COC)C1.I. The molecule has 0 radical (unpaired) electrons. The summed E-state index contributed by atoms with van der Waals surface area (Å²) >= 11 is 0. The maximum Gasteiger partial charge on any atom is 0.573 e. The van der Waals surface area contributed by atoms with Crippen molar-refractivity contribution < 1.29 is 22.6 Å². The van der Waals surface area contributed by atoms with Gasteiger partial charge in [-0.15, -0.1) is 37.1 Å². The number of rotatable bonds is 5. The second kappa shape index (κ2) is 10.0. The average Bonchev–Trinajstić information content (AvgIpc) is 2.97. The van der Waals surface area contributed by atoms with Gasteiger partial charge in [-0.3, -0.25) is 4.99 Å². The van der Waals surface area contributed by atoms with Gasteiger partial charge < -0.3 is 19.7 Å². The molecule has 1 aromatic rings. The third kappa shape index (κ3) is 6.89. The zero-order chi connectivity index (χ0) is 17.6. The van der Waals surface area contributed by atoms with Crippen LogP contribution in [0, 0.1) is 5.92 Å². The van der Waals surface area contributed by atoms with Crippen LogP contribution in [0.15, 0.2) is 29.3 Å². The molecule has 1 atom stereocenters. The Balaban J connectivity index is 0.00000312. The van der Waals surface area contributed by atoms with E-state index in [1.165, 1.54) is 12.1 Å². The molecule has 0 bridgehead atoms. The van der Waals surface area contributed by atoms with Crippen LogP contribution >= 0.6 is 24.0 Å². The maximum atomic E-state index is 12.5. The van der Waals surface area contributed by atoms with Gasteiger partial charge in [0.25, 0.3) is 0 Å². The van der Waals surface area contributed by atoms with Gasteiger partial charge in [-0.1, -0.05) is 18.2 Å². The number of nitrogens with zero attached hydrogens (tertiary/aromatic N) is 2. The minimum absolute atomic E-state index is 0. The van der Waals surface area contributed by atoms with Gasteiger partial charge in [-0.05, 0) is 12.5 Å². The average molecular weight is 473 g/mol. The van der Waals surface area contributed by atoms with Gasteiger partial charge in [0, 0.05) is 45.3 Å². The molecule has 0 amide bonds. The monoisotopic (exact) mass is 473 g/mol. The van der Waals surface area contributed by atoms with Crippen molar-refractivity contribution in [1.82, 2.24) is 10.2 Å². The first-order valence-electron chi connectivity index (χ1n) is 7.71. The van der Waals surface area contributed by atoms with Gasteiger partial charge in [-0.25, -0.2) is 0 Å². The Morgan fingerprint density at radius 3 is 2.72 bits per heavy atom. The lowest BCUT2D eigenvalue weighted by molar-refractivity contribution is -0.274. The lowest BCUT2D eigenvalue weighted by Crippen LogP contribution is -2.40. The van der Waals surface area contributed by atoms with E-state index in [0.717, 1.165) is 19.5 Å². The van der Waals surface area contributed by atoms with Crippen molar-refractivity contribution in [2.75, 3.05) is 33.9 Å². The van der Waals surface area contributed by atoms with E-state index in [1.54, 1.807) is 26.3 Å². The third-order valence-corrected chi connectivity index (χ3v) is 3.83. The van der Waals surface area contributed by atoms with Gasteiger partial charge in [0.05, 0.1) is 6.61 Å². The first-order valence-corrected chi connectivity index (χ1v) is 7.71. The van der Waals surface area contributed by atoms with E-state index in [2.05, 4.69) is 19.9 Å². The highest BCUT2D eigenvalue weighted by atomic mass is 127. The Bertz CT molecular complexity index is 570. The number of benzene rings is 1. The normalized spacial score (nSPS) is 18.0. The number of hydrogen-bond donors (Lipinski definition) is 1. The molecule has 9 heteroatoms. The summed E-state index contributed by atoms with van der Waals surface area (Å²) in [5.74, 6) is 0.899. The Kier molecular flexibility index (Phi) is 8.77. The fourth-order valence-electron chi connectivity index (χ4n) is 2.78. The van der Waals surface area contributed by atoms with Crippen molar-refractivity contribution in [1.29, 1.82) is 0 Å². The van der Waals surface area contributed by atoms with Crippen LogP contribution in [-0.2, 0) is 11.3 Å². The van der Waals surface area contributed by atoms with Crippen molar-refractivity contribution in [2.45, 2.75) is 19.3 Å². The summed E-state index contributed by atoms with van der Waals surface area (Å²) < 4.78 is 46.6. The minimum atomic E-state index is -4.71. The first-order chi connectivity index (χ1) is 11.4. The molecule has 1 saturated heterocycles. The van der Waals surface area contributed by atoms with E-state index >= 15 is 0 Å². The van der Waals surface area contributed by atoms with Crippen molar-refractivity contribution in [3.63, 3.8) is 0 Å². The van der Waals surface area contributed by atoms with Gasteiger partial charge in [0.1, 0.15) is 5.75 Å². The first kappa shape index (κ1) is 21.8. The quantitative estimate of drug-likeness (QED) is 0.406. The summed E-state index contributed by atoms with van der Waals surface area (Å²) in [6.07, 6.45) is -3.71. The lowest BCUT2D eigenvalue weighted by Gasteiger charge is -2.22. The zero-order valence-corrected chi connectivity index (χ0v) is 16.5. The van der Waals surface area contributed by atoms with Crippen molar-refractivity contribution in [3.8, 4) is 5.75 Å². The molecule has 1 heterocycles. The van der Waals surface area contributed by atoms with Gasteiger partial charge in [-0.2, -0.15) is 0 Å². The van der Waals surface area contributed by atoms with Crippen LogP contribution in [0.3, 0.4) is 0 Å². The molecule has 1 fully saturated rings. The number of guanidine groups is 1. The van der Waals surface area contributed by atoms with Crippen molar-refractivity contribution in [2.24, 2.45) is 10.9 Å². The van der Waals surface area contributed by atoms with Crippen LogP contribution in [0.5, 0.6) is 5.75 Å². The lowest BCUT2D eigenvalue weighted by atomic mass is 10.1. The van der Waals surface area contributed by atoms with Crippen LogP contribution in [-0.4, -0.2) is 51.1 Å². The van der Waals surface area contributed by atoms with E-state index in [0.29, 0.717) is 24.0 Å². The highest BCUT2D eigenvalue weighted by Gasteiger charge is 2.32. The van der Waals surface area contributed by atoms with E-state index in [1.807, 2.05) is 0 Å². The largest absolute Gasteiger partial charge is 0.573 e. The molecule has 1 aliphatic heterocycles. The Hall–Kier alpha value is -1.23. The van der Waals surface area contributed by atoms with Crippen LogP contribution < -0.4 is 10.1 Å². The molecule has 142 valence electrons. The molecule has 25 heavy (non-hydrogen) atoms. The topological polar surface area (TPSA) is 46.1 Å². The minimum Gasteiger partial charge on any atom is -0.405 e. The molecule has 0 aromatic heterocycles. The summed E-state index contributed by atoms with van der Waals surface area (Å²) in [6, 6.07) is 6.08. The maximum absolute atomic E-state index is 12.5. The molecule has 5 nitrogen and oxygen atoms in total. The van der Waals surface area contributed by atoms with Crippen molar-refractivity contribution >= 4 is 29.9 Å². The highest BCUT2D eigenvalue weighted by molar-refractivity contribution is 14.0. The number of aliphatic imine (C=N–C) groups is 1. The zero-order valence-electron chi connectivity index (χ0n) is 14.2. The highest BCUT2D eigenvalue weighted by Crippen LogP contribution is 2.26.